The highest BCUT2D eigenvalue weighted by Gasteiger charge is 2.20. The van der Waals surface area contributed by atoms with Gasteiger partial charge in [-0.15, -0.1) is 0 Å². The highest BCUT2D eigenvalue weighted by molar-refractivity contribution is 5.98. The Morgan fingerprint density at radius 3 is 1.45 bits per heavy atom. The van der Waals surface area contributed by atoms with Crippen LogP contribution in [0, 0.1) is 0 Å². The first-order chi connectivity index (χ1) is 35.7. The van der Waals surface area contributed by atoms with E-state index in [1.165, 1.54) is 23.2 Å². The average Bonchev–Trinajstić information content (AvgIpc) is 4.00. The van der Waals surface area contributed by atoms with Crippen LogP contribution in [0.1, 0.15) is 41.3 Å². The van der Waals surface area contributed by atoms with Crippen molar-refractivity contribution in [2.75, 3.05) is 21.7 Å². The largest absolute Gasteiger partial charge is 0.384 e. The molecule has 0 radical (unpaired) electrons. The second-order valence-corrected chi connectivity index (χ2v) is 17.7. The van der Waals surface area contributed by atoms with Crippen LogP contribution in [0.5, 0.6) is 0 Å². The van der Waals surface area contributed by atoms with Crippen molar-refractivity contribution in [3.05, 3.63) is 218 Å². The lowest BCUT2D eigenvalue weighted by molar-refractivity contribution is -0.114. The second kappa shape index (κ2) is 19.8. The SMILES string of the molecule is CC(=O)Nc1ccc(C(Nc2cc(-c3ccc4ccn(C)c4c3)c3nccnc3c2)c2cccnc2)cn1.Cn1ccc2ccc(-c3cc(NC(c4cccnc4)c4ccc(N)nc4)cc4nccnc34)cc21. The van der Waals surface area contributed by atoms with Gasteiger partial charge in [-0.05, 0) is 117 Å². The van der Waals surface area contributed by atoms with Gasteiger partial charge in [0.05, 0.1) is 34.2 Å². The number of nitrogens with one attached hydrogen (secondary N) is 3. The van der Waals surface area contributed by atoms with E-state index in [1.54, 1.807) is 55.6 Å². The highest BCUT2D eigenvalue weighted by atomic mass is 16.1. The first-order valence-corrected chi connectivity index (χ1v) is 23.6. The summed E-state index contributed by atoms with van der Waals surface area (Å²) in [6.07, 6.45) is 21.8. The number of hydrogen-bond donors (Lipinski definition) is 4. The van der Waals surface area contributed by atoms with E-state index < -0.39 is 0 Å². The third kappa shape index (κ3) is 9.70. The number of amides is 1. The van der Waals surface area contributed by atoms with E-state index in [0.717, 1.165) is 83.5 Å². The van der Waals surface area contributed by atoms with E-state index in [2.05, 4.69) is 145 Å². The van der Waals surface area contributed by atoms with Crippen LogP contribution in [0.2, 0.25) is 0 Å². The molecule has 0 aliphatic carbocycles. The molecule has 2 atom stereocenters. The van der Waals surface area contributed by atoms with Crippen LogP contribution >= 0.6 is 0 Å². The number of anilines is 4. The molecule has 0 bridgehead atoms. The van der Waals surface area contributed by atoms with Gasteiger partial charge in [-0.1, -0.05) is 48.5 Å². The minimum atomic E-state index is -0.236. The Balaban J connectivity index is 0.000000158. The van der Waals surface area contributed by atoms with Gasteiger partial charge in [-0.3, -0.25) is 34.7 Å². The number of carbonyl (C=O) groups is 1. The van der Waals surface area contributed by atoms with Crippen LogP contribution in [-0.2, 0) is 18.9 Å². The number of pyridine rings is 4. The number of hydrogen-bond acceptors (Lipinski definition) is 12. The summed E-state index contributed by atoms with van der Waals surface area (Å²) >= 11 is 0. The number of nitrogen functional groups attached to an aromatic ring is 1. The number of benzene rings is 4. The lowest BCUT2D eigenvalue weighted by Crippen LogP contribution is -2.14. The van der Waals surface area contributed by atoms with E-state index in [0.29, 0.717) is 11.6 Å². The van der Waals surface area contributed by atoms with Crippen molar-refractivity contribution in [2.45, 2.75) is 19.0 Å². The predicted molar refractivity (Wildman–Crippen MR) is 289 cm³/mol. The van der Waals surface area contributed by atoms with Gasteiger partial charge in [0.25, 0.3) is 0 Å². The summed E-state index contributed by atoms with van der Waals surface area (Å²) in [7, 11) is 4.10. The number of aromatic nitrogens is 10. The van der Waals surface area contributed by atoms with Crippen LogP contribution in [0.15, 0.2) is 196 Å². The van der Waals surface area contributed by atoms with Gasteiger partial charge < -0.3 is 30.8 Å². The summed E-state index contributed by atoms with van der Waals surface area (Å²) in [4.78, 5) is 47.4. The Bertz CT molecular complexity index is 3920. The summed E-state index contributed by atoms with van der Waals surface area (Å²) in [5, 5.41) is 12.5. The molecule has 15 nitrogen and oxygen atoms in total. The molecule has 12 rings (SSSR count). The molecule has 5 N–H and O–H groups in total. The third-order valence-corrected chi connectivity index (χ3v) is 12.8. The van der Waals surface area contributed by atoms with Crippen LogP contribution in [0.3, 0.4) is 0 Å². The molecule has 2 unspecified atom stereocenters. The van der Waals surface area contributed by atoms with Crippen LogP contribution < -0.4 is 21.7 Å². The quantitative estimate of drug-likeness (QED) is 0.0960. The number of nitrogens with two attached hydrogens (primary N) is 1. The maximum absolute atomic E-state index is 11.4. The maximum atomic E-state index is 11.4. The monoisotopic (exact) mass is 956 g/mol. The molecule has 0 aliphatic rings. The van der Waals surface area contributed by atoms with Gasteiger partial charge in [-0.2, -0.15) is 0 Å². The lowest BCUT2D eigenvalue weighted by Gasteiger charge is -2.22. The molecule has 1 amide bonds. The Morgan fingerprint density at radius 2 is 1.00 bits per heavy atom. The lowest BCUT2D eigenvalue weighted by atomic mass is 9.99. The van der Waals surface area contributed by atoms with Crippen molar-refractivity contribution in [1.82, 2.24) is 49.0 Å². The van der Waals surface area contributed by atoms with Gasteiger partial charge in [-0.25, -0.2) is 9.97 Å². The summed E-state index contributed by atoms with van der Waals surface area (Å²) in [6.45, 7) is 1.46. The van der Waals surface area contributed by atoms with Crippen molar-refractivity contribution in [2.24, 2.45) is 14.1 Å². The number of aryl methyl sites for hydroxylation is 2. The van der Waals surface area contributed by atoms with E-state index in [4.69, 9.17) is 5.73 Å². The molecule has 0 saturated carbocycles. The van der Waals surface area contributed by atoms with Crippen LogP contribution in [0.4, 0.5) is 23.0 Å². The van der Waals surface area contributed by atoms with Gasteiger partial charge in [0.15, 0.2) is 0 Å². The molecule has 356 valence electrons. The molecule has 0 aliphatic heterocycles. The zero-order chi connectivity index (χ0) is 49.8. The molecule has 73 heavy (non-hydrogen) atoms. The summed E-state index contributed by atoms with van der Waals surface area (Å²) < 4.78 is 4.24. The number of nitrogens with zero attached hydrogens (tertiary/aromatic N) is 10. The first kappa shape index (κ1) is 45.5. The van der Waals surface area contributed by atoms with Gasteiger partial charge in [0.2, 0.25) is 5.91 Å². The van der Waals surface area contributed by atoms with E-state index in [9.17, 15) is 4.79 Å². The van der Waals surface area contributed by atoms with Crippen molar-refractivity contribution in [1.29, 1.82) is 0 Å². The van der Waals surface area contributed by atoms with Crippen molar-refractivity contribution < 1.29 is 4.79 Å². The topological polar surface area (TPSA) is 192 Å². The normalized spacial score (nSPS) is 12.0. The molecule has 15 heteroatoms. The standard InChI is InChI=1S/C30H25N7O.C28H23N7/c1-19(38)35-28-8-7-23(18-34-28)29(22-4-3-10-31-17-22)36-24-15-25(30-26(16-24)32-11-12-33-30)21-6-5-20-9-13-37(2)27(20)14-21;1-35-12-8-18-4-5-19(13-25(18)35)23-14-22(15-24-28(23)32-11-10-31-24)34-27(20-3-2-9-30-16-20)21-6-7-26(29)33-17-21/h3-18,29,36H,1-2H3,(H,34,35,38);2-17,27,34H,1H3,(H2,29,33). The van der Waals surface area contributed by atoms with Crippen molar-refractivity contribution in [3.63, 3.8) is 0 Å². The third-order valence-electron chi connectivity index (χ3n) is 12.8. The second-order valence-electron chi connectivity index (χ2n) is 17.7. The van der Waals surface area contributed by atoms with Crippen LogP contribution in [0.25, 0.3) is 66.1 Å². The minimum Gasteiger partial charge on any atom is -0.384 e. The summed E-state index contributed by atoms with van der Waals surface area (Å²) in [5.74, 6) is 0.828. The zero-order valence-electron chi connectivity index (χ0n) is 40.1. The van der Waals surface area contributed by atoms with Crippen molar-refractivity contribution >= 4 is 72.8 Å². The highest BCUT2D eigenvalue weighted by Crippen LogP contribution is 2.37. The Labute approximate surface area is 419 Å². The average molecular weight is 957 g/mol. The first-order valence-electron chi connectivity index (χ1n) is 23.6. The number of rotatable bonds is 11. The fraction of sp³-hybridized carbons (Fsp3) is 0.0862. The Hall–Kier alpha value is -9.89. The summed E-state index contributed by atoms with van der Waals surface area (Å²) in [5.41, 5.74) is 21.3. The Morgan fingerprint density at radius 1 is 0.507 bits per heavy atom. The van der Waals surface area contributed by atoms with E-state index in [-0.39, 0.29) is 18.0 Å². The molecule has 0 fully saturated rings. The molecule has 0 spiro atoms. The Kier molecular flexibility index (Phi) is 12.4. The maximum Gasteiger partial charge on any atom is 0.222 e. The number of fused-ring (bicyclic) bond motifs is 4. The molecule has 12 aromatic rings. The van der Waals surface area contributed by atoms with Crippen molar-refractivity contribution in [3.8, 4) is 22.3 Å². The molecule has 8 heterocycles. The molecule has 8 aromatic heterocycles. The van der Waals surface area contributed by atoms with Gasteiger partial charge in [0, 0.05) is 129 Å². The summed E-state index contributed by atoms with van der Waals surface area (Å²) in [6, 6.07) is 40.5. The molecular formula is C58H48N14O. The van der Waals surface area contributed by atoms with Crippen LogP contribution in [-0.4, -0.2) is 54.9 Å². The molecule has 0 saturated heterocycles. The molecular weight excluding hydrogens is 909 g/mol. The molecule has 4 aromatic carbocycles. The van der Waals surface area contributed by atoms with Gasteiger partial charge in [0.1, 0.15) is 11.6 Å². The fourth-order valence-corrected chi connectivity index (χ4v) is 9.18. The van der Waals surface area contributed by atoms with Gasteiger partial charge >= 0.3 is 0 Å². The minimum absolute atomic E-state index is 0.162. The van der Waals surface area contributed by atoms with E-state index in [1.807, 2.05) is 74.0 Å². The fourth-order valence-electron chi connectivity index (χ4n) is 9.18. The zero-order valence-corrected chi connectivity index (χ0v) is 40.1. The van der Waals surface area contributed by atoms with E-state index >= 15 is 0 Å². The number of carbonyl (C=O) groups excluding carboxylic acids is 1. The smallest absolute Gasteiger partial charge is 0.222 e. The predicted octanol–water partition coefficient (Wildman–Crippen LogP) is 11.1.